The average molecular weight is 448 g/mol. The van der Waals surface area contributed by atoms with Crippen molar-refractivity contribution in [1.29, 1.82) is 0 Å². The number of nitrogens with one attached hydrogen (secondary N) is 1. The van der Waals surface area contributed by atoms with Gasteiger partial charge in [-0.05, 0) is 35.7 Å². The van der Waals surface area contributed by atoms with Gasteiger partial charge in [-0.2, -0.15) is 0 Å². The molecule has 1 amide bonds. The average Bonchev–Trinajstić information content (AvgIpc) is 3.48. The Morgan fingerprint density at radius 2 is 2.12 bits per heavy atom. The van der Waals surface area contributed by atoms with Crippen molar-refractivity contribution < 1.29 is 11.0 Å². The Balaban J connectivity index is 0.00000274. The van der Waals surface area contributed by atoms with E-state index in [0.29, 0.717) is 56.8 Å². The summed E-state index contributed by atoms with van der Waals surface area (Å²) in [5, 5.41) is 0.892. The van der Waals surface area contributed by atoms with Crippen molar-refractivity contribution in [3.8, 4) is 0 Å². The zero-order chi connectivity index (χ0) is 22.9. The molecule has 0 saturated carbocycles. The van der Waals surface area contributed by atoms with Crippen LogP contribution in [0.3, 0.4) is 0 Å². The number of allylic oxidation sites excluding steroid dienone is 1. The SMILES string of the molecule is C=CCCn1cc(Cc2cc(C(=O)N3CCOCC3)cc3c2ncn3C)c2cc[nH]c2c1=O.[HH]. The lowest BCUT2D eigenvalue weighted by Crippen LogP contribution is -2.40. The van der Waals surface area contributed by atoms with E-state index in [9.17, 15) is 9.59 Å². The van der Waals surface area contributed by atoms with Gasteiger partial charge in [-0.3, -0.25) is 9.59 Å². The molecule has 1 aliphatic heterocycles. The number of imidazole rings is 1. The number of amides is 1. The summed E-state index contributed by atoms with van der Waals surface area (Å²) >= 11 is 0. The van der Waals surface area contributed by atoms with Crippen LogP contribution >= 0.6 is 0 Å². The van der Waals surface area contributed by atoms with Crippen LogP contribution in [-0.4, -0.2) is 56.2 Å². The smallest absolute Gasteiger partial charge is 0.274 e. The maximum Gasteiger partial charge on any atom is 0.274 e. The molecule has 0 spiro atoms. The lowest BCUT2D eigenvalue weighted by Gasteiger charge is -2.27. The van der Waals surface area contributed by atoms with E-state index in [4.69, 9.17) is 4.74 Å². The number of nitrogens with zero attached hydrogens (tertiary/aromatic N) is 4. The maximum atomic E-state index is 13.3. The topological polar surface area (TPSA) is 85.2 Å². The molecule has 8 heteroatoms. The Hall–Kier alpha value is -3.65. The Morgan fingerprint density at radius 1 is 1.30 bits per heavy atom. The van der Waals surface area contributed by atoms with Crippen molar-refractivity contribution in [2.45, 2.75) is 19.4 Å². The van der Waals surface area contributed by atoms with Crippen LogP contribution in [0, 0.1) is 0 Å². The van der Waals surface area contributed by atoms with E-state index in [0.717, 1.165) is 27.5 Å². The molecular weight excluding hydrogens is 418 g/mol. The van der Waals surface area contributed by atoms with Gasteiger partial charge in [-0.15, -0.1) is 6.58 Å². The standard InChI is InChI=1S/C25H27N5O3.H2/c1-3-4-7-30-15-19(20-5-6-26-23(20)25(30)32)13-17-12-18(14-21-22(17)27-16-28(21)2)24(31)29-8-10-33-11-9-29;/h3,5-6,12,14-16,26H,1,4,7-11,13H2,2H3;1H. The number of pyridine rings is 1. The van der Waals surface area contributed by atoms with E-state index in [2.05, 4.69) is 16.5 Å². The highest BCUT2D eigenvalue weighted by Gasteiger charge is 2.21. The van der Waals surface area contributed by atoms with Crippen LogP contribution < -0.4 is 5.56 Å². The number of hydrogen-bond donors (Lipinski definition) is 1. The molecule has 0 bridgehead atoms. The van der Waals surface area contributed by atoms with Crippen LogP contribution in [-0.2, 0) is 24.8 Å². The summed E-state index contributed by atoms with van der Waals surface area (Å²) in [5.74, 6) is 0.00499. The Kier molecular flexibility index (Phi) is 5.60. The van der Waals surface area contributed by atoms with Crippen molar-refractivity contribution in [2.75, 3.05) is 26.3 Å². The summed E-state index contributed by atoms with van der Waals surface area (Å²) < 4.78 is 9.07. The first-order valence-corrected chi connectivity index (χ1v) is 11.2. The number of H-pyrrole nitrogens is 1. The molecule has 0 unspecified atom stereocenters. The minimum absolute atomic E-state index is 0. The van der Waals surface area contributed by atoms with Gasteiger partial charge < -0.3 is 23.8 Å². The minimum atomic E-state index is -0.0418. The second-order valence-electron chi connectivity index (χ2n) is 8.44. The van der Waals surface area contributed by atoms with Crippen molar-refractivity contribution in [2.24, 2.45) is 7.05 Å². The fraction of sp³-hybridized carbons (Fsp3) is 0.320. The lowest BCUT2D eigenvalue weighted by atomic mass is 9.99. The van der Waals surface area contributed by atoms with Gasteiger partial charge in [0.25, 0.3) is 11.5 Å². The van der Waals surface area contributed by atoms with Gasteiger partial charge in [0, 0.05) is 57.9 Å². The molecule has 1 fully saturated rings. The second kappa shape index (κ2) is 8.71. The van der Waals surface area contributed by atoms with Gasteiger partial charge in [0.15, 0.2) is 0 Å². The van der Waals surface area contributed by atoms with Crippen molar-refractivity contribution >= 4 is 27.8 Å². The molecule has 1 N–H and O–H groups in total. The molecule has 172 valence electrons. The molecule has 8 nitrogen and oxygen atoms in total. The number of ether oxygens (including phenoxy) is 1. The first-order valence-electron chi connectivity index (χ1n) is 11.2. The van der Waals surface area contributed by atoms with E-state index in [-0.39, 0.29) is 12.9 Å². The number of rotatable bonds is 6. The van der Waals surface area contributed by atoms with Crippen molar-refractivity contribution in [3.63, 3.8) is 0 Å². The first-order chi connectivity index (χ1) is 16.1. The highest BCUT2D eigenvalue weighted by Crippen LogP contribution is 2.26. The third-order valence-corrected chi connectivity index (χ3v) is 6.29. The van der Waals surface area contributed by atoms with Crippen LogP contribution in [0.15, 0.2) is 54.4 Å². The zero-order valence-electron chi connectivity index (χ0n) is 18.7. The monoisotopic (exact) mass is 447 g/mol. The summed E-state index contributed by atoms with van der Waals surface area (Å²) in [4.78, 5) is 35.7. The van der Waals surface area contributed by atoms with Crippen molar-refractivity contribution in [1.82, 2.24) is 24.0 Å². The number of aryl methyl sites for hydroxylation is 2. The Bertz CT molecular complexity index is 1410. The lowest BCUT2D eigenvalue weighted by molar-refractivity contribution is 0.0303. The van der Waals surface area contributed by atoms with Gasteiger partial charge in [0.2, 0.25) is 0 Å². The highest BCUT2D eigenvalue weighted by molar-refractivity contribution is 5.98. The van der Waals surface area contributed by atoms with Gasteiger partial charge in [0.05, 0.1) is 30.6 Å². The summed E-state index contributed by atoms with van der Waals surface area (Å²) in [7, 11) is 1.93. The molecule has 5 rings (SSSR count). The molecule has 4 aromatic rings. The fourth-order valence-corrected chi connectivity index (χ4v) is 4.53. The van der Waals surface area contributed by atoms with Gasteiger partial charge in [-0.1, -0.05) is 6.08 Å². The molecule has 0 atom stereocenters. The summed E-state index contributed by atoms with van der Waals surface area (Å²) in [6.45, 7) is 6.65. The zero-order valence-corrected chi connectivity index (χ0v) is 18.7. The normalized spacial score (nSPS) is 14.3. The molecule has 33 heavy (non-hydrogen) atoms. The number of hydrogen-bond acceptors (Lipinski definition) is 4. The molecule has 1 aliphatic rings. The van der Waals surface area contributed by atoms with E-state index in [1.165, 1.54) is 0 Å². The van der Waals surface area contributed by atoms with Crippen LogP contribution in [0.4, 0.5) is 0 Å². The molecule has 0 aliphatic carbocycles. The summed E-state index contributed by atoms with van der Waals surface area (Å²) in [6, 6.07) is 5.80. The largest absolute Gasteiger partial charge is 0.378 e. The van der Waals surface area contributed by atoms with Gasteiger partial charge >= 0.3 is 0 Å². The maximum absolute atomic E-state index is 13.3. The minimum Gasteiger partial charge on any atom is -0.378 e. The van der Waals surface area contributed by atoms with Crippen molar-refractivity contribution in [3.05, 3.63) is 76.6 Å². The Labute approximate surface area is 192 Å². The third kappa shape index (κ3) is 3.87. The van der Waals surface area contributed by atoms with Crippen LogP contribution in [0.5, 0.6) is 0 Å². The number of aromatic nitrogens is 4. The van der Waals surface area contributed by atoms with E-state index < -0.39 is 0 Å². The predicted octanol–water partition coefficient (Wildman–Crippen LogP) is 3.10. The molecule has 0 radical (unpaired) electrons. The third-order valence-electron chi connectivity index (χ3n) is 6.29. The molecule has 4 heterocycles. The molecule has 3 aromatic heterocycles. The number of benzene rings is 1. The molecular formula is C25H29N5O3. The number of carbonyl (C=O) groups excluding carboxylic acids is 1. The number of fused-ring (bicyclic) bond motifs is 2. The number of morpholine rings is 1. The quantitative estimate of drug-likeness (QED) is 0.460. The number of aromatic amines is 1. The van der Waals surface area contributed by atoms with Crippen LogP contribution in [0.2, 0.25) is 0 Å². The van der Waals surface area contributed by atoms with Crippen LogP contribution in [0.25, 0.3) is 21.9 Å². The Morgan fingerprint density at radius 3 is 2.91 bits per heavy atom. The molecule has 1 aromatic carbocycles. The highest BCUT2D eigenvalue weighted by atomic mass is 16.5. The summed E-state index contributed by atoms with van der Waals surface area (Å²) in [6.07, 6.45) is 8.56. The van der Waals surface area contributed by atoms with E-state index in [1.807, 2.05) is 47.0 Å². The van der Waals surface area contributed by atoms with E-state index in [1.54, 1.807) is 17.1 Å². The first kappa shape index (κ1) is 21.2. The molecule has 1 saturated heterocycles. The summed E-state index contributed by atoms with van der Waals surface area (Å²) in [5.41, 5.74) is 4.94. The fourth-order valence-electron chi connectivity index (χ4n) is 4.53. The van der Waals surface area contributed by atoms with Gasteiger partial charge in [0.1, 0.15) is 5.52 Å². The van der Waals surface area contributed by atoms with E-state index >= 15 is 0 Å². The second-order valence-corrected chi connectivity index (χ2v) is 8.44. The van der Waals surface area contributed by atoms with Crippen LogP contribution in [0.1, 0.15) is 29.3 Å². The number of carbonyl (C=O) groups is 1. The predicted molar refractivity (Wildman–Crippen MR) is 130 cm³/mol. The van der Waals surface area contributed by atoms with Gasteiger partial charge in [-0.25, -0.2) is 4.98 Å².